The maximum absolute atomic E-state index is 12.9. The molecule has 1 atom stereocenters. The summed E-state index contributed by atoms with van der Waals surface area (Å²) in [5, 5.41) is 0. The summed E-state index contributed by atoms with van der Waals surface area (Å²) < 4.78 is 38.4. The lowest BCUT2D eigenvalue weighted by molar-refractivity contribution is -0.139. The molecule has 29 heavy (non-hydrogen) atoms. The van der Waals surface area contributed by atoms with Crippen LogP contribution < -0.4 is 9.47 Å². The van der Waals surface area contributed by atoms with E-state index < -0.39 is 16.1 Å². The summed E-state index contributed by atoms with van der Waals surface area (Å²) in [6.45, 7) is 3.64. The molecule has 8 heteroatoms. The Balaban J connectivity index is 1.37. The van der Waals surface area contributed by atoms with Gasteiger partial charge in [-0.15, -0.1) is 0 Å². The Morgan fingerprint density at radius 2 is 1.76 bits per heavy atom. The SMILES string of the molecule is CCOc1ccc(S(=O)(=O)N2CCN(C(=O)[C@H]3Cc4ccccc4O3)CC2)cc1. The van der Waals surface area contributed by atoms with Crippen LogP contribution in [0.5, 0.6) is 11.5 Å². The zero-order valence-corrected chi connectivity index (χ0v) is 17.1. The van der Waals surface area contributed by atoms with Crippen molar-refractivity contribution < 1.29 is 22.7 Å². The maximum atomic E-state index is 12.9. The van der Waals surface area contributed by atoms with Gasteiger partial charge >= 0.3 is 0 Å². The van der Waals surface area contributed by atoms with Crippen LogP contribution in [0.3, 0.4) is 0 Å². The first-order chi connectivity index (χ1) is 14.0. The first kappa shape index (κ1) is 19.7. The number of ether oxygens (including phenoxy) is 2. The average molecular weight is 416 g/mol. The van der Waals surface area contributed by atoms with E-state index in [0.29, 0.717) is 31.9 Å². The topological polar surface area (TPSA) is 76.2 Å². The fourth-order valence-electron chi connectivity index (χ4n) is 3.70. The first-order valence-corrected chi connectivity index (χ1v) is 11.2. The van der Waals surface area contributed by atoms with Crippen LogP contribution in [-0.4, -0.2) is 62.4 Å². The highest BCUT2D eigenvalue weighted by molar-refractivity contribution is 7.89. The minimum Gasteiger partial charge on any atom is -0.494 e. The molecule has 1 fully saturated rings. The third-order valence-electron chi connectivity index (χ3n) is 5.25. The zero-order valence-electron chi connectivity index (χ0n) is 16.3. The van der Waals surface area contributed by atoms with Crippen molar-refractivity contribution in [3.63, 3.8) is 0 Å². The van der Waals surface area contributed by atoms with E-state index in [2.05, 4.69) is 0 Å². The second-order valence-electron chi connectivity index (χ2n) is 7.05. The predicted molar refractivity (Wildman–Crippen MR) is 108 cm³/mol. The smallest absolute Gasteiger partial charge is 0.264 e. The first-order valence-electron chi connectivity index (χ1n) is 9.75. The average Bonchev–Trinajstić information content (AvgIpc) is 3.18. The fraction of sp³-hybridized carbons (Fsp3) is 0.381. The van der Waals surface area contributed by atoms with Crippen LogP contribution in [-0.2, 0) is 21.2 Å². The van der Waals surface area contributed by atoms with Crippen LogP contribution in [0.4, 0.5) is 0 Å². The van der Waals surface area contributed by atoms with Crippen LogP contribution in [0.15, 0.2) is 53.4 Å². The molecule has 2 aromatic rings. The largest absolute Gasteiger partial charge is 0.494 e. The van der Waals surface area contributed by atoms with Gasteiger partial charge in [-0.25, -0.2) is 8.42 Å². The van der Waals surface area contributed by atoms with Gasteiger partial charge in [0.05, 0.1) is 11.5 Å². The number of para-hydroxylation sites is 1. The number of rotatable bonds is 5. The molecule has 7 nitrogen and oxygen atoms in total. The van der Waals surface area contributed by atoms with Gasteiger partial charge in [0.2, 0.25) is 10.0 Å². The molecule has 0 radical (unpaired) electrons. The number of amides is 1. The van der Waals surface area contributed by atoms with Gasteiger partial charge in [0, 0.05) is 32.6 Å². The second-order valence-corrected chi connectivity index (χ2v) is 8.99. The number of carbonyl (C=O) groups excluding carboxylic acids is 1. The molecule has 0 aromatic heterocycles. The van der Waals surface area contributed by atoms with Gasteiger partial charge in [0.1, 0.15) is 11.5 Å². The Morgan fingerprint density at radius 1 is 1.07 bits per heavy atom. The minimum atomic E-state index is -3.60. The number of carbonyl (C=O) groups is 1. The monoisotopic (exact) mass is 416 g/mol. The Morgan fingerprint density at radius 3 is 2.41 bits per heavy atom. The van der Waals surface area contributed by atoms with Crippen molar-refractivity contribution in [3.8, 4) is 11.5 Å². The number of sulfonamides is 1. The molecule has 0 unspecified atom stereocenters. The molecule has 0 bridgehead atoms. The van der Waals surface area contributed by atoms with E-state index in [-0.39, 0.29) is 23.9 Å². The Kier molecular flexibility index (Phi) is 5.47. The third-order valence-corrected chi connectivity index (χ3v) is 7.16. The summed E-state index contributed by atoms with van der Waals surface area (Å²) in [7, 11) is -3.60. The van der Waals surface area contributed by atoms with E-state index in [1.54, 1.807) is 29.2 Å². The quantitative estimate of drug-likeness (QED) is 0.744. The molecule has 4 rings (SSSR count). The number of nitrogens with zero attached hydrogens (tertiary/aromatic N) is 2. The maximum Gasteiger partial charge on any atom is 0.264 e. The third kappa shape index (κ3) is 3.95. The molecule has 2 aliphatic rings. The standard InChI is InChI=1S/C21H24N2O5S/c1-2-27-17-7-9-18(10-8-17)29(25,26)23-13-11-22(12-14-23)21(24)20-15-16-5-3-4-6-19(16)28-20/h3-10,20H,2,11-15H2,1H3/t20-/m1/s1. The minimum absolute atomic E-state index is 0.0840. The molecule has 0 saturated carbocycles. The van der Waals surface area contributed by atoms with Crippen molar-refractivity contribution in [2.24, 2.45) is 0 Å². The van der Waals surface area contributed by atoms with Crippen molar-refractivity contribution in [3.05, 3.63) is 54.1 Å². The molecular formula is C21H24N2O5S. The van der Waals surface area contributed by atoms with E-state index in [1.165, 1.54) is 4.31 Å². The summed E-state index contributed by atoms with van der Waals surface area (Å²) in [6, 6.07) is 14.1. The van der Waals surface area contributed by atoms with Crippen LogP contribution in [0.2, 0.25) is 0 Å². The number of benzene rings is 2. The summed E-state index contributed by atoms with van der Waals surface area (Å²) in [5.74, 6) is 1.31. The lowest BCUT2D eigenvalue weighted by Gasteiger charge is -2.35. The van der Waals surface area contributed by atoms with Crippen molar-refractivity contribution in [1.29, 1.82) is 0 Å². The Labute approximate surface area is 170 Å². The van der Waals surface area contributed by atoms with E-state index >= 15 is 0 Å². The van der Waals surface area contributed by atoms with Crippen LogP contribution in [0.25, 0.3) is 0 Å². The lowest BCUT2D eigenvalue weighted by atomic mass is 10.1. The van der Waals surface area contributed by atoms with Crippen molar-refractivity contribution in [2.45, 2.75) is 24.3 Å². The van der Waals surface area contributed by atoms with E-state index in [0.717, 1.165) is 11.3 Å². The Bertz CT molecular complexity index is 957. The van der Waals surface area contributed by atoms with Crippen LogP contribution >= 0.6 is 0 Å². The summed E-state index contributed by atoms with van der Waals surface area (Å²) in [4.78, 5) is 14.7. The molecular weight excluding hydrogens is 392 g/mol. The highest BCUT2D eigenvalue weighted by Gasteiger charge is 2.36. The molecule has 1 saturated heterocycles. The number of fused-ring (bicyclic) bond motifs is 1. The van der Waals surface area contributed by atoms with E-state index in [4.69, 9.17) is 9.47 Å². The molecule has 2 aliphatic heterocycles. The normalized spacial score (nSPS) is 19.5. The summed E-state index contributed by atoms with van der Waals surface area (Å²) in [6.07, 6.45) is 0.0290. The second kappa shape index (κ2) is 8.04. The molecule has 0 aliphatic carbocycles. The molecule has 2 aromatic carbocycles. The van der Waals surface area contributed by atoms with Gasteiger partial charge < -0.3 is 14.4 Å². The molecule has 1 amide bonds. The van der Waals surface area contributed by atoms with Gasteiger partial charge in [0.25, 0.3) is 5.91 Å². The van der Waals surface area contributed by atoms with Gasteiger partial charge in [-0.1, -0.05) is 18.2 Å². The number of piperazine rings is 1. The van der Waals surface area contributed by atoms with E-state index in [9.17, 15) is 13.2 Å². The molecule has 0 spiro atoms. The zero-order chi connectivity index (χ0) is 20.4. The number of hydrogen-bond acceptors (Lipinski definition) is 5. The molecule has 0 N–H and O–H groups in total. The molecule has 154 valence electrons. The van der Waals surface area contributed by atoms with Crippen molar-refractivity contribution >= 4 is 15.9 Å². The van der Waals surface area contributed by atoms with Gasteiger partial charge in [-0.05, 0) is 42.8 Å². The fourth-order valence-corrected chi connectivity index (χ4v) is 5.12. The van der Waals surface area contributed by atoms with Crippen molar-refractivity contribution in [1.82, 2.24) is 9.21 Å². The van der Waals surface area contributed by atoms with Crippen molar-refractivity contribution in [2.75, 3.05) is 32.8 Å². The molecule has 2 heterocycles. The predicted octanol–water partition coefficient (Wildman–Crippen LogP) is 1.92. The lowest BCUT2D eigenvalue weighted by Crippen LogP contribution is -2.53. The van der Waals surface area contributed by atoms with Crippen LogP contribution in [0, 0.1) is 0 Å². The summed E-state index contributed by atoms with van der Waals surface area (Å²) >= 11 is 0. The Hall–Kier alpha value is -2.58. The van der Waals surface area contributed by atoms with Gasteiger partial charge in [-0.3, -0.25) is 4.79 Å². The van der Waals surface area contributed by atoms with Gasteiger partial charge in [-0.2, -0.15) is 4.31 Å². The highest BCUT2D eigenvalue weighted by Crippen LogP contribution is 2.29. The summed E-state index contributed by atoms with van der Waals surface area (Å²) in [5.41, 5.74) is 1.03. The van der Waals surface area contributed by atoms with E-state index in [1.807, 2.05) is 31.2 Å². The highest BCUT2D eigenvalue weighted by atomic mass is 32.2. The van der Waals surface area contributed by atoms with Crippen LogP contribution in [0.1, 0.15) is 12.5 Å². The van der Waals surface area contributed by atoms with Gasteiger partial charge in [0.15, 0.2) is 6.10 Å². The number of hydrogen-bond donors (Lipinski definition) is 0.